The zero-order chi connectivity index (χ0) is 13.1. The van der Waals surface area contributed by atoms with Crippen molar-refractivity contribution in [3.63, 3.8) is 0 Å². The predicted octanol–water partition coefficient (Wildman–Crippen LogP) is 0.237. The topological polar surface area (TPSA) is 109 Å². The number of nitrogens with zero attached hydrogens (tertiary/aromatic N) is 3. The van der Waals surface area contributed by atoms with Crippen LogP contribution in [0.2, 0.25) is 0 Å². The Morgan fingerprint density at radius 2 is 2.39 bits per heavy atom. The van der Waals surface area contributed by atoms with Gasteiger partial charge in [-0.1, -0.05) is 0 Å². The highest BCUT2D eigenvalue weighted by molar-refractivity contribution is 5.77. The van der Waals surface area contributed by atoms with Crippen molar-refractivity contribution in [2.75, 3.05) is 23.7 Å². The van der Waals surface area contributed by atoms with Gasteiger partial charge in [-0.05, 0) is 18.9 Å². The van der Waals surface area contributed by atoms with E-state index >= 15 is 0 Å². The van der Waals surface area contributed by atoms with Gasteiger partial charge in [0.05, 0.1) is 23.4 Å². The number of anilines is 2. The maximum absolute atomic E-state index is 11.2. The zero-order valence-electron chi connectivity index (χ0n) is 9.97. The second-order valence-corrected chi connectivity index (χ2v) is 4.44. The Kier molecular flexibility index (Phi) is 3.33. The average Bonchev–Trinajstić information content (AvgIpc) is 2.38. The minimum absolute atomic E-state index is 0.176. The molecular formula is C12H15N5O. The van der Waals surface area contributed by atoms with Crippen LogP contribution >= 0.6 is 0 Å². The number of nitrogens with two attached hydrogens (primary N) is 2. The van der Waals surface area contributed by atoms with E-state index in [0.717, 1.165) is 19.4 Å². The summed E-state index contributed by atoms with van der Waals surface area (Å²) >= 11 is 0. The minimum Gasteiger partial charge on any atom is -0.397 e. The number of hydrogen-bond donors (Lipinski definition) is 2. The molecule has 1 amide bonds. The van der Waals surface area contributed by atoms with Crippen molar-refractivity contribution < 1.29 is 4.79 Å². The van der Waals surface area contributed by atoms with E-state index in [1.807, 2.05) is 4.90 Å². The molecule has 0 aliphatic carbocycles. The van der Waals surface area contributed by atoms with Crippen LogP contribution in [0.5, 0.6) is 0 Å². The lowest BCUT2D eigenvalue weighted by Gasteiger charge is -2.32. The molecule has 1 aromatic heterocycles. The molecule has 18 heavy (non-hydrogen) atoms. The van der Waals surface area contributed by atoms with E-state index in [2.05, 4.69) is 11.1 Å². The largest absolute Gasteiger partial charge is 0.397 e. The van der Waals surface area contributed by atoms with Crippen molar-refractivity contribution in [3.8, 4) is 6.07 Å². The molecule has 6 nitrogen and oxygen atoms in total. The average molecular weight is 245 g/mol. The highest BCUT2D eigenvalue weighted by Crippen LogP contribution is 2.25. The Morgan fingerprint density at radius 3 is 3.06 bits per heavy atom. The number of hydrogen-bond acceptors (Lipinski definition) is 5. The Bertz CT molecular complexity index is 508. The fraction of sp³-hybridized carbons (Fsp3) is 0.417. The molecule has 0 saturated carbocycles. The van der Waals surface area contributed by atoms with Gasteiger partial charge in [-0.3, -0.25) is 4.79 Å². The van der Waals surface area contributed by atoms with Gasteiger partial charge in [-0.25, -0.2) is 4.98 Å². The number of primary amides is 1. The van der Waals surface area contributed by atoms with Gasteiger partial charge in [0.25, 0.3) is 0 Å². The van der Waals surface area contributed by atoms with Crippen LogP contribution in [0.15, 0.2) is 12.3 Å². The molecule has 0 radical (unpaired) electrons. The van der Waals surface area contributed by atoms with Crippen LogP contribution in [0.3, 0.4) is 0 Å². The first kappa shape index (κ1) is 12.2. The summed E-state index contributed by atoms with van der Waals surface area (Å²) < 4.78 is 0. The second-order valence-electron chi connectivity index (χ2n) is 4.44. The Morgan fingerprint density at radius 1 is 1.61 bits per heavy atom. The van der Waals surface area contributed by atoms with Crippen LogP contribution in [-0.2, 0) is 4.79 Å². The molecule has 1 unspecified atom stereocenters. The molecule has 1 fully saturated rings. The van der Waals surface area contributed by atoms with E-state index < -0.39 is 0 Å². The molecule has 0 spiro atoms. The van der Waals surface area contributed by atoms with Crippen molar-refractivity contribution >= 4 is 17.4 Å². The Hall–Kier alpha value is -2.29. The number of rotatable bonds is 2. The molecule has 6 heteroatoms. The summed E-state index contributed by atoms with van der Waals surface area (Å²) in [5.41, 5.74) is 11.8. The Balaban J connectivity index is 2.26. The van der Waals surface area contributed by atoms with Gasteiger partial charge < -0.3 is 16.4 Å². The second kappa shape index (κ2) is 4.92. The highest BCUT2D eigenvalue weighted by Gasteiger charge is 2.26. The van der Waals surface area contributed by atoms with Crippen LogP contribution in [0, 0.1) is 17.2 Å². The van der Waals surface area contributed by atoms with E-state index in [1.165, 1.54) is 6.20 Å². The third-order valence-corrected chi connectivity index (χ3v) is 3.13. The van der Waals surface area contributed by atoms with Gasteiger partial charge >= 0.3 is 0 Å². The molecule has 94 valence electrons. The number of nitriles is 1. The van der Waals surface area contributed by atoms with E-state index in [9.17, 15) is 4.79 Å². The van der Waals surface area contributed by atoms with E-state index in [4.69, 9.17) is 16.7 Å². The number of carbonyl (C=O) groups is 1. The third-order valence-electron chi connectivity index (χ3n) is 3.13. The molecule has 0 aromatic carbocycles. The third kappa shape index (κ3) is 2.35. The standard InChI is InChI=1S/C12H15N5O/c13-5-9-4-10(14)6-16-12(9)17-3-1-2-8(7-17)11(15)18/h4,6,8H,1-3,7,14H2,(H2,15,18). The SMILES string of the molecule is N#Cc1cc(N)cnc1N1CCCC(C(N)=O)C1. The normalized spacial score (nSPS) is 19.3. The van der Waals surface area contributed by atoms with E-state index in [0.29, 0.717) is 23.6 Å². The van der Waals surface area contributed by atoms with Crippen molar-refractivity contribution in [1.82, 2.24) is 4.98 Å². The van der Waals surface area contributed by atoms with Crippen LogP contribution in [-0.4, -0.2) is 24.0 Å². The molecule has 1 aliphatic heterocycles. The number of aromatic nitrogens is 1. The molecule has 1 aromatic rings. The highest BCUT2D eigenvalue weighted by atomic mass is 16.1. The summed E-state index contributed by atoms with van der Waals surface area (Å²) in [6.45, 7) is 1.29. The van der Waals surface area contributed by atoms with Crippen LogP contribution in [0.25, 0.3) is 0 Å². The van der Waals surface area contributed by atoms with Crippen molar-refractivity contribution in [1.29, 1.82) is 5.26 Å². The van der Waals surface area contributed by atoms with Crippen LogP contribution < -0.4 is 16.4 Å². The lowest BCUT2D eigenvalue weighted by Crippen LogP contribution is -2.41. The molecule has 0 bridgehead atoms. The smallest absolute Gasteiger partial charge is 0.222 e. The van der Waals surface area contributed by atoms with Crippen molar-refractivity contribution in [3.05, 3.63) is 17.8 Å². The molecule has 2 rings (SSSR count). The first-order valence-electron chi connectivity index (χ1n) is 5.81. The summed E-state index contributed by atoms with van der Waals surface area (Å²) in [5.74, 6) is 0.107. The van der Waals surface area contributed by atoms with Crippen LogP contribution in [0.4, 0.5) is 11.5 Å². The monoisotopic (exact) mass is 245 g/mol. The van der Waals surface area contributed by atoms with Gasteiger partial charge in [0, 0.05) is 13.1 Å². The number of piperidine rings is 1. The molecule has 1 atom stereocenters. The van der Waals surface area contributed by atoms with E-state index in [1.54, 1.807) is 6.07 Å². The fourth-order valence-corrected chi connectivity index (χ4v) is 2.21. The molecule has 1 saturated heterocycles. The zero-order valence-corrected chi connectivity index (χ0v) is 9.97. The molecule has 1 aliphatic rings. The van der Waals surface area contributed by atoms with Crippen molar-refractivity contribution in [2.45, 2.75) is 12.8 Å². The number of carbonyl (C=O) groups excluding carboxylic acids is 1. The Labute approximate surface area is 105 Å². The number of pyridine rings is 1. The molecule has 4 N–H and O–H groups in total. The first-order valence-corrected chi connectivity index (χ1v) is 5.81. The summed E-state index contributed by atoms with van der Waals surface area (Å²) in [7, 11) is 0. The van der Waals surface area contributed by atoms with Gasteiger partial charge in [0.15, 0.2) is 0 Å². The van der Waals surface area contributed by atoms with Crippen molar-refractivity contribution in [2.24, 2.45) is 11.7 Å². The summed E-state index contributed by atoms with van der Waals surface area (Å²) in [6.07, 6.45) is 3.18. The lowest BCUT2D eigenvalue weighted by molar-refractivity contribution is -0.122. The van der Waals surface area contributed by atoms with Gasteiger partial charge in [0.1, 0.15) is 11.9 Å². The number of nitrogen functional groups attached to an aromatic ring is 1. The summed E-state index contributed by atoms with van der Waals surface area (Å²) in [5, 5.41) is 9.08. The summed E-state index contributed by atoms with van der Waals surface area (Å²) in [6, 6.07) is 3.67. The number of amides is 1. The first-order chi connectivity index (χ1) is 8.61. The fourth-order valence-electron chi connectivity index (χ4n) is 2.21. The van der Waals surface area contributed by atoms with Gasteiger partial charge in [-0.2, -0.15) is 5.26 Å². The predicted molar refractivity (Wildman–Crippen MR) is 67.5 cm³/mol. The van der Waals surface area contributed by atoms with E-state index in [-0.39, 0.29) is 11.8 Å². The maximum Gasteiger partial charge on any atom is 0.222 e. The summed E-state index contributed by atoms with van der Waals surface area (Å²) in [4.78, 5) is 17.4. The maximum atomic E-state index is 11.2. The quantitative estimate of drug-likeness (QED) is 0.775. The minimum atomic E-state index is -0.298. The molecular weight excluding hydrogens is 230 g/mol. The molecule has 2 heterocycles. The lowest BCUT2D eigenvalue weighted by atomic mass is 9.97. The van der Waals surface area contributed by atoms with Gasteiger partial charge in [0.2, 0.25) is 5.91 Å². The van der Waals surface area contributed by atoms with Gasteiger partial charge in [-0.15, -0.1) is 0 Å². The van der Waals surface area contributed by atoms with Crippen LogP contribution in [0.1, 0.15) is 18.4 Å².